The maximum atomic E-state index is 12.0. The molecule has 2 atom stereocenters. The van der Waals surface area contributed by atoms with Crippen LogP contribution in [0, 0.1) is 17.8 Å². The number of aromatic nitrogens is 2. The SMILES string of the molecule is CC(C)(C)OC(=O)N[C@H]1CCC[C@@H](C#Cc2cnc(Cl)nc2NC2CC2)C1. The van der Waals surface area contributed by atoms with E-state index in [0.717, 1.165) is 44.1 Å². The van der Waals surface area contributed by atoms with Crippen LogP contribution >= 0.6 is 11.6 Å². The van der Waals surface area contributed by atoms with Gasteiger partial charge in [-0.25, -0.2) is 9.78 Å². The number of carbonyl (C=O) groups is 1. The molecule has 0 aromatic carbocycles. The van der Waals surface area contributed by atoms with E-state index in [1.54, 1.807) is 6.20 Å². The van der Waals surface area contributed by atoms with Crippen molar-refractivity contribution in [1.82, 2.24) is 15.3 Å². The van der Waals surface area contributed by atoms with Crippen LogP contribution in [0.25, 0.3) is 0 Å². The molecule has 146 valence electrons. The Bertz CT molecular complexity index is 747. The number of alkyl carbamates (subject to hydrolysis) is 1. The minimum absolute atomic E-state index is 0.0958. The van der Waals surface area contributed by atoms with Gasteiger partial charge < -0.3 is 15.4 Å². The normalized spacial score (nSPS) is 22.4. The maximum absolute atomic E-state index is 12.0. The predicted octanol–water partition coefficient (Wildman–Crippen LogP) is 4.14. The van der Waals surface area contributed by atoms with Crippen molar-refractivity contribution in [2.45, 2.75) is 77.0 Å². The molecular weight excluding hydrogens is 364 g/mol. The average Bonchev–Trinajstić information content (AvgIpc) is 3.36. The largest absolute Gasteiger partial charge is 0.444 e. The zero-order valence-electron chi connectivity index (χ0n) is 16.1. The summed E-state index contributed by atoms with van der Waals surface area (Å²) in [7, 11) is 0. The van der Waals surface area contributed by atoms with Crippen molar-refractivity contribution in [3.05, 3.63) is 17.0 Å². The van der Waals surface area contributed by atoms with E-state index in [0.29, 0.717) is 11.9 Å². The van der Waals surface area contributed by atoms with E-state index in [9.17, 15) is 4.79 Å². The van der Waals surface area contributed by atoms with Gasteiger partial charge in [-0.05, 0) is 64.5 Å². The summed E-state index contributed by atoms with van der Waals surface area (Å²) in [6.07, 6.45) is 7.45. The predicted molar refractivity (Wildman–Crippen MR) is 106 cm³/mol. The van der Waals surface area contributed by atoms with Crippen LogP contribution in [-0.4, -0.2) is 33.7 Å². The fourth-order valence-electron chi connectivity index (χ4n) is 3.09. The Morgan fingerprint density at radius 1 is 1.26 bits per heavy atom. The lowest BCUT2D eigenvalue weighted by Crippen LogP contribution is -2.41. The van der Waals surface area contributed by atoms with Gasteiger partial charge in [0.2, 0.25) is 5.28 Å². The molecule has 0 aliphatic heterocycles. The lowest BCUT2D eigenvalue weighted by atomic mass is 9.86. The first-order chi connectivity index (χ1) is 12.8. The van der Waals surface area contributed by atoms with Crippen LogP contribution in [-0.2, 0) is 4.74 Å². The second-order valence-electron chi connectivity index (χ2n) is 8.30. The van der Waals surface area contributed by atoms with Gasteiger partial charge in [0, 0.05) is 24.2 Å². The Balaban J connectivity index is 1.61. The van der Waals surface area contributed by atoms with Crippen molar-refractivity contribution in [3.8, 4) is 11.8 Å². The van der Waals surface area contributed by atoms with Gasteiger partial charge in [0.25, 0.3) is 0 Å². The van der Waals surface area contributed by atoms with E-state index in [2.05, 4.69) is 32.4 Å². The van der Waals surface area contributed by atoms with Crippen molar-refractivity contribution in [1.29, 1.82) is 0 Å². The zero-order chi connectivity index (χ0) is 19.4. The Morgan fingerprint density at radius 3 is 2.74 bits per heavy atom. The highest BCUT2D eigenvalue weighted by molar-refractivity contribution is 6.28. The number of nitrogens with zero attached hydrogens (tertiary/aromatic N) is 2. The second-order valence-corrected chi connectivity index (χ2v) is 8.63. The van der Waals surface area contributed by atoms with Crippen molar-refractivity contribution in [2.24, 2.45) is 5.92 Å². The molecule has 27 heavy (non-hydrogen) atoms. The van der Waals surface area contributed by atoms with E-state index in [4.69, 9.17) is 16.3 Å². The van der Waals surface area contributed by atoms with Crippen LogP contribution in [0.5, 0.6) is 0 Å². The Morgan fingerprint density at radius 2 is 2.04 bits per heavy atom. The number of hydrogen-bond donors (Lipinski definition) is 2. The summed E-state index contributed by atoms with van der Waals surface area (Å²) in [6.45, 7) is 5.59. The maximum Gasteiger partial charge on any atom is 0.407 e. The van der Waals surface area contributed by atoms with Gasteiger partial charge in [0.15, 0.2) is 0 Å². The third-order valence-corrected chi connectivity index (χ3v) is 4.67. The molecule has 2 aliphatic rings. The minimum Gasteiger partial charge on any atom is -0.444 e. The topological polar surface area (TPSA) is 76.1 Å². The molecule has 7 heteroatoms. The molecule has 1 heterocycles. The van der Waals surface area contributed by atoms with Gasteiger partial charge in [-0.1, -0.05) is 18.3 Å². The Hall–Kier alpha value is -2.00. The molecule has 2 N–H and O–H groups in total. The van der Waals surface area contributed by atoms with Crippen LogP contribution in [0.4, 0.5) is 10.6 Å². The minimum atomic E-state index is -0.489. The number of hydrogen-bond acceptors (Lipinski definition) is 5. The number of anilines is 1. The van der Waals surface area contributed by atoms with E-state index in [1.165, 1.54) is 0 Å². The first-order valence-electron chi connectivity index (χ1n) is 9.58. The molecule has 0 unspecified atom stereocenters. The quantitative estimate of drug-likeness (QED) is 0.599. The first kappa shape index (κ1) is 19.8. The van der Waals surface area contributed by atoms with Gasteiger partial charge in [-0.15, -0.1) is 0 Å². The molecule has 1 aromatic rings. The van der Waals surface area contributed by atoms with Gasteiger partial charge in [-0.2, -0.15) is 4.98 Å². The molecule has 1 amide bonds. The van der Waals surface area contributed by atoms with Crippen LogP contribution in [0.1, 0.15) is 64.9 Å². The van der Waals surface area contributed by atoms with Gasteiger partial charge in [0.05, 0.1) is 5.56 Å². The fraction of sp³-hybridized carbons (Fsp3) is 0.650. The summed E-state index contributed by atoms with van der Waals surface area (Å²) >= 11 is 5.92. The van der Waals surface area contributed by atoms with Crippen LogP contribution in [0.2, 0.25) is 5.28 Å². The molecule has 0 saturated heterocycles. The van der Waals surface area contributed by atoms with Gasteiger partial charge >= 0.3 is 6.09 Å². The lowest BCUT2D eigenvalue weighted by molar-refractivity contribution is 0.0489. The molecule has 0 spiro atoms. The number of carbonyl (C=O) groups excluding carboxylic acids is 1. The fourth-order valence-corrected chi connectivity index (χ4v) is 3.22. The molecule has 2 aliphatic carbocycles. The molecule has 2 fully saturated rings. The average molecular weight is 391 g/mol. The molecular formula is C20H27ClN4O2. The van der Waals surface area contributed by atoms with Gasteiger partial charge in [0.1, 0.15) is 11.4 Å². The highest BCUT2D eigenvalue weighted by atomic mass is 35.5. The molecule has 1 aromatic heterocycles. The summed E-state index contributed by atoms with van der Waals surface area (Å²) in [6, 6.07) is 0.562. The van der Waals surface area contributed by atoms with Crippen LogP contribution < -0.4 is 10.6 Å². The number of amides is 1. The lowest BCUT2D eigenvalue weighted by Gasteiger charge is -2.28. The third-order valence-electron chi connectivity index (χ3n) is 4.48. The first-order valence-corrected chi connectivity index (χ1v) is 9.96. The molecule has 0 bridgehead atoms. The highest BCUT2D eigenvalue weighted by Crippen LogP contribution is 2.27. The van der Waals surface area contributed by atoms with Crippen molar-refractivity contribution in [2.75, 3.05) is 5.32 Å². The number of nitrogens with one attached hydrogen (secondary N) is 2. The molecule has 3 rings (SSSR count). The van der Waals surface area contributed by atoms with Gasteiger partial charge in [-0.3, -0.25) is 0 Å². The smallest absolute Gasteiger partial charge is 0.407 e. The summed E-state index contributed by atoms with van der Waals surface area (Å²) in [5.74, 6) is 7.49. The second kappa shape index (κ2) is 8.35. The zero-order valence-corrected chi connectivity index (χ0v) is 16.9. The standard InChI is InChI=1S/C20H27ClN4O2/c1-20(2,3)27-19(26)24-16-6-4-5-13(11-16)7-8-14-12-22-18(21)25-17(14)23-15-9-10-15/h12-13,15-16H,4-6,9-11H2,1-3H3,(H,24,26)(H,22,23,25)/t13-,16-/m0/s1. The van der Waals surface area contributed by atoms with E-state index in [-0.39, 0.29) is 23.3 Å². The summed E-state index contributed by atoms with van der Waals surface area (Å²) in [5.41, 5.74) is 0.283. The summed E-state index contributed by atoms with van der Waals surface area (Å²) in [5, 5.41) is 6.56. The van der Waals surface area contributed by atoms with Crippen LogP contribution in [0.15, 0.2) is 6.20 Å². The van der Waals surface area contributed by atoms with Crippen LogP contribution in [0.3, 0.4) is 0 Å². The molecule has 2 saturated carbocycles. The Labute approximate surface area is 165 Å². The summed E-state index contributed by atoms with van der Waals surface area (Å²) < 4.78 is 5.35. The van der Waals surface area contributed by atoms with Crippen molar-refractivity contribution in [3.63, 3.8) is 0 Å². The number of ether oxygens (including phenoxy) is 1. The van der Waals surface area contributed by atoms with E-state index < -0.39 is 5.60 Å². The third kappa shape index (κ3) is 6.59. The summed E-state index contributed by atoms with van der Waals surface area (Å²) in [4.78, 5) is 20.3. The monoisotopic (exact) mass is 390 g/mol. The van der Waals surface area contributed by atoms with E-state index in [1.807, 2.05) is 20.8 Å². The van der Waals surface area contributed by atoms with E-state index >= 15 is 0 Å². The number of rotatable bonds is 3. The van der Waals surface area contributed by atoms with Crippen molar-refractivity contribution < 1.29 is 9.53 Å². The number of halogens is 1. The highest BCUT2D eigenvalue weighted by Gasteiger charge is 2.25. The molecule has 6 nitrogen and oxygen atoms in total. The Kier molecular flexibility index (Phi) is 6.11. The van der Waals surface area contributed by atoms with Crippen molar-refractivity contribution >= 4 is 23.5 Å². The molecule has 0 radical (unpaired) electrons.